The van der Waals surface area contributed by atoms with Gasteiger partial charge in [-0.2, -0.15) is 0 Å². The summed E-state index contributed by atoms with van der Waals surface area (Å²) in [5.41, 5.74) is 3.78. The number of unbranched alkanes of at least 4 members (excludes halogenated alkanes) is 5. The summed E-state index contributed by atoms with van der Waals surface area (Å²) in [6.45, 7) is 4.74. The van der Waals surface area contributed by atoms with Gasteiger partial charge in [0.05, 0.1) is 12.7 Å². The van der Waals surface area contributed by atoms with Gasteiger partial charge < -0.3 is 15.2 Å². The van der Waals surface area contributed by atoms with Crippen molar-refractivity contribution in [3.05, 3.63) is 65.5 Å². The van der Waals surface area contributed by atoms with Crippen LogP contribution in [0.5, 0.6) is 0 Å². The summed E-state index contributed by atoms with van der Waals surface area (Å²) in [6, 6.07) is 13.5. The third kappa shape index (κ3) is 8.31. The van der Waals surface area contributed by atoms with E-state index in [9.17, 15) is 5.11 Å². The molecule has 3 atom stereocenters. The Kier molecular flexibility index (Phi) is 11.2. The molecule has 176 valence electrons. The highest BCUT2D eigenvalue weighted by atomic mass is 16.5. The lowest BCUT2D eigenvalue weighted by atomic mass is 9.91. The number of pyridine rings is 1. The van der Waals surface area contributed by atoms with Gasteiger partial charge in [-0.15, -0.1) is 0 Å². The molecule has 1 unspecified atom stereocenters. The van der Waals surface area contributed by atoms with E-state index in [0.717, 1.165) is 25.1 Å². The molecule has 1 aromatic carbocycles. The van der Waals surface area contributed by atoms with Crippen LogP contribution < -0.4 is 5.32 Å². The fourth-order valence-electron chi connectivity index (χ4n) is 4.71. The maximum atomic E-state index is 10.2. The minimum atomic E-state index is -0.459. The van der Waals surface area contributed by atoms with Gasteiger partial charge in [-0.05, 0) is 61.4 Å². The summed E-state index contributed by atoms with van der Waals surface area (Å²) in [6.07, 6.45) is 15.0. The van der Waals surface area contributed by atoms with Gasteiger partial charge in [0, 0.05) is 31.0 Å². The van der Waals surface area contributed by atoms with Crippen LogP contribution in [0.2, 0.25) is 0 Å². The van der Waals surface area contributed by atoms with Gasteiger partial charge in [0.2, 0.25) is 0 Å². The van der Waals surface area contributed by atoms with Gasteiger partial charge in [0.25, 0.3) is 0 Å². The first kappa shape index (κ1) is 24.9. The number of aliphatic hydroxyl groups excluding tert-OH is 1. The Morgan fingerprint density at radius 3 is 2.66 bits per heavy atom. The molecule has 32 heavy (non-hydrogen) atoms. The summed E-state index contributed by atoms with van der Waals surface area (Å²) in [5, 5.41) is 13.9. The van der Waals surface area contributed by atoms with Crippen molar-refractivity contribution in [1.82, 2.24) is 10.3 Å². The second-order valence-electron chi connectivity index (χ2n) is 9.23. The first-order valence-electron chi connectivity index (χ1n) is 12.8. The molecular weight excluding hydrogens is 396 g/mol. The Balaban J connectivity index is 1.34. The zero-order valence-electron chi connectivity index (χ0n) is 19.8. The average molecular weight is 439 g/mol. The Morgan fingerprint density at radius 1 is 1.06 bits per heavy atom. The van der Waals surface area contributed by atoms with E-state index in [1.165, 1.54) is 62.5 Å². The largest absolute Gasteiger partial charge is 0.388 e. The molecule has 0 radical (unpaired) electrons. The molecule has 0 saturated carbocycles. The summed E-state index contributed by atoms with van der Waals surface area (Å²) in [4.78, 5) is 4.07. The minimum Gasteiger partial charge on any atom is -0.388 e. The number of benzene rings is 1. The van der Waals surface area contributed by atoms with Crippen LogP contribution in [0.1, 0.15) is 93.4 Å². The van der Waals surface area contributed by atoms with E-state index in [-0.39, 0.29) is 0 Å². The second-order valence-corrected chi connectivity index (χ2v) is 9.23. The van der Waals surface area contributed by atoms with Crippen molar-refractivity contribution in [1.29, 1.82) is 0 Å². The van der Waals surface area contributed by atoms with E-state index in [2.05, 4.69) is 41.5 Å². The minimum absolute atomic E-state index is 0.377. The molecule has 0 spiro atoms. The zero-order valence-corrected chi connectivity index (χ0v) is 19.8. The van der Waals surface area contributed by atoms with E-state index >= 15 is 0 Å². The molecule has 0 amide bonds. The molecule has 0 aliphatic carbocycles. The van der Waals surface area contributed by atoms with Crippen LogP contribution in [0.25, 0.3) is 0 Å². The summed E-state index contributed by atoms with van der Waals surface area (Å²) < 4.78 is 5.98. The van der Waals surface area contributed by atoms with Crippen molar-refractivity contribution in [3.8, 4) is 0 Å². The molecule has 1 aromatic heterocycles. The summed E-state index contributed by atoms with van der Waals surface area (Å²) >= 11 is 0. The van der Waals surface area contributed by atoms with Crippen LogP contribution in [-0.2, 0) is 11.2 Å². The molecule has 1 fully saturated rings. The highest BCUT2D eigenvalue weighted by Crippen LogP contribution is 2.28. The number of aromatic nitrogens is 1. The van der Waals surface area contributed by atoms with Gasteiger partial charge in [-0.25, -0.2) is 0 Å². The third-order valence-electron chi connectivity index (χ3n) is 6.71. The van der Waals surface area contributed by atoms with Gasteiger partial charge in [-0.1, -0.05) is 69.4 Å². The number of aryl methyl sites for hydroxylation is 1. The first-order valence-corrected chi connectivity index (χ1v) is 12.8. The molecular formula is C28H42N2O2. The maximum Gasteiger partial charge on any atom is 0.0805 e. The molecule has 1 saturated heterocycles. The van der Waals surface area contributed by atoms with Crippen LogP contribution in [0.15, 0.2) is 48.8 Å². The molecule has 2 heterocycles. The number of aliphatic hydroxyl groups is 1. The number of hydrogen-bond donors (Lipinski definition) is 2. The van der Waals surface area contributed by atoms with E-state index in [1.807, 2.05) is 12.1 Å². The smallest absolute Gasteiger partial charge is 0.0805 e. The SMILES string of the molecule is CCCCCCCCc1ccc([C@H]2CCN[C@@H]2COCCCC(O)c2cccnc2)cc1. The second kappa shape index (κ2) is 14.4. The Bertz CT molecular complexity index is 735. The molecule has 0 bridgehead atoms. The molecule has 3 rings (SSSR count). The van der Waals surface area contributed by atoms with Gasteiger partial charge >= 0.3 is 0 Å². The van der Waals surface area contributed by atoms with Crippen LogP contribution >= 0.6 is 0 Å². The van der Waals surface area contributed by atoms with Crippen LogP contribution in [0.3, 0.4) is 0 Å². The average Bonchev–Trinajstić information content (AvgIpc) is 3.30. The highest BCUT2D eigenvalue weighted by molar-refractivity contribution is 5.27. The van der Waals surface area contributed by atoms with Crippen molar-refractivity contribution in [2.75, 3.05) is 19.8 Å². The van der Waals surface area contributed by atoms with Crippen molar-refractivity contribution in [2.24, 2.45) is 0 Å². The molecule has 1 aliphatic heterocycles. The van der Waals surface area contributed by atoms with E-state index in [4.69, 9.17) is 4.74 Å². The van der Waals surface area contributed by atoms with Crippen LogP contribution in [0.4, 0.5) is 0 Å². The fourth-order valence-corrected chi connectivity index (χ4v) is 4.71. The number of hydrogen-bond acceptors (Lipinski definition) is 4. The lowest BCUT2D eigenvalue weighted by Gasteiger charge is -2.20. The quantitative estimate of drug-likeness (QED) is 0.337. The number of rotatable bonds is 15. The van der Waals surface area contributed by atoms with Crippen molar-refractivity contribution < 1.29 is 9.84 Å². The number of ether oxygens (including phenoxy) is 1. The summed E-state index contributed by atoms with van der Waals surface area (Å²) in [7, 11) is 0. The van der Waals surface area contributed by atoms with Crippen molar-refractivity contribution in [2.45, 2.75) is 89.2 Å². The van der Waals surface area contributed by atoms with Crippen LogP contribution in [-0.4, -0.2) is 35.9 Å². The van der Waals surface area contributed by atoms with Gasteiger partial charge in [0.1, 0.15) is 0 Å². The number of nitrogens with one attached hydrogen (secondary N) is 1. The first-order chi connectivity index (χ1) is 15.8. The van der Waals surface area contributed by atoms with Gasteiger partial charge in [0.15, 0.2) is 0 Å². The predicted octanol–water partition coefficient (Wildman–Crippen LogP) is 5.96. The van der Waals surface area contributed by atoms with Gasteiger partial charge in [-0.3, -0.25) is 4.98 Å². The summed E-state index contributed by atoms with van der Waals surface area (Å²) in [5.74, 6) is 0.527. The Morgan fingerprint density at radius 2 is 1.88 bits per heavy atom. The lowest BCUT2D eigenvalue weighted by Crippen LogP contribution is -2.31. The fraction of sp³-hybridized carbons (Fsp3) is 0.607. The Hall–Kier alpha value is -1.75. The normalized spacial score (nSPS) is 19.3. The van der Waals surface area contributed by atoms with Crippen molar-refractivity contribution >= 4 is 0 Å². The molecule has 4 nitrogen and oxygen atoms in total. The molecule has 1 aliphatic rings. The van der Waals surface area contributed by atoms with E-state index < -0.39 is 6.10 Å². The lowest BCUT2D eigenvalue weighted by molar-refractivity contribution is 0.0922. The van der Waals surface area contributed by atoms with Crippen molar-refractivity contribution in [3.63, 3.8) is 0 Å². The molecule has 2 N–H and O–H groups in total. The van der Waals surface area contributed by atoms with E-state index in [1.54, 1.807) is 12.4 Å². The third-order valence-corrected chi connectivity index (χ3v) is 6.71. The van der Waals surface area contributed by atoms with E-state index in [0.29, 0.717) is 25.0 Å². The topological polar surface area (TPSA) is 54.4 Å². The Labute approximate surface area is 194 Å². The highest BCUT2D eigenvalue weighted by Gasteiger charge is 2.28. The van der Waals surface area contributed by atoms with Crippen LogP contribution in [0, 0.1) is 0 Å². The molecule has 2 aromatic rings. The maximum absolute atomic E-state index is 10.2. The standard InChI is InChI=1S/C28H42N2O2/c1-2-3-4-5-6-7-10-23-13-15-24(16-14-23)26-17-19-30-27(26)22-32-20-9-12-28(31)25-11-8-18-29-21-25/h8,11,13-16,18,21,26-28,30-31H,2-7,9-10,12,17,19-20,22H2,1H3/t26-,27-,28?/m1/s1. The predicted molar refractivity (Wildman–Crippen MR) is 132 cm³/mol. The molecule has 4 heteroatoms. The zero-order chi connectivity index (χ0) is 22.4. The number of nitrogens with zero attached hydrogens (tertiary/aromatic N) is 1. The monoisotopic (exact) mass is 438 g/mol.